The maximum absolute atomic E-state index is 13.1. The van der Waals surface area contributed by atoms with E-state index in [2.05, 4.69) is 16.9 Å². The number of ether oxygens (including phenoxy) is 1. The minimum atomic E-state index is -3.61. The lowest BCUT2D eigenvalue weighted by Crippen LogP contribution is -2.45. The Hall–Kier alpha value is -2.07. The lowest BCUT2D eigenvalue weighted by molar-refractivity contribution is -0.120. The molecule has 7 nitrogen and oxygen atoms in total. The zero-order valence-corrected chi connectivity index (χ0v) is 17.7. The maximum Gasteiger partial charge on any atom is 0.245 e. The predicted octanol–water partition coefficient (Wildman–Crippen LogP) is 2.55. The number of carbonyl (C=O) groups is 1. The molecule has 9 heteroatoms. The molecule has 0 aliphatic carbocycles. The summed E-state index contributed by atoms with van der Waals surface area (Å²) in [6, 6.07) is 6.85. The molecule has 0 saturated carbocycles. The number of amides is 1. The van der Waals surface area contributed by atoms with E-state index >= 15 is 0 Å². The largest absolute Gasteiger partial charge is 0.354 e. The fraction of sp³-hybridized carbons (Fsp3) is 0.400. The van der Waals surface area contributed by atoms with Gasteiger partial charge < -0.3 is 10.1 Å². The van der Waals surface area contributed by atoms with Gasteiger partial charge >= 0.3 is 0 Å². The molecule has 0 spiro atoms. The van der Waals surface area contributed by atoms with Gasteiger partial charge in [-0.05, 0) is 43.9 Å². The van der Waals surface area contributed by atoms with Crippen LogP contribution in [0.2, 0.25) is 0 Å². The van der Waals surface area contributed by atoms with Crippen LogP contribution in [0.5, 0.6) is 0 Å². The van der Waals surface area contributed by atoms with Crippen LogP contribution in [0.3, 0.4) is 0 Å². The highest BCUT2D eigenvalue weighted by molar-refractivity contribution is 7.89. The summed E-state index contributed by atoms with van der Waals surface area (Å²) in [6.07, 6.45) is 2.00. The SMILES string of the molecule is C=CC(=O)NC1CC2CCN(S(=O)(=O)c3ccc(-c4csc(C)n4)cc3)CC2O1. The van der Waals surface area contributed by atoms with Crippen molar-refractivity contribution >= 4 is 27.3 Å². The molecule has 2 fully saturated rings. The van der Waals surface area contributed by atoms with Crippen molar-refractivity contribution in [2.24, 2.45) is 5.92 Å². The summed E-state index contributed by atoms with van der Waals surface area (Å²) in [4.78, 5) is 16.2. The van der Waals surface area contributed by atoms with E-state index in [1.807, 2.05) is 12.3 Å². The number of hydrogen-bond acceptors (Lipinski definition) is 6. The lowest BCUT2D eigenvalue weighted by atomic mass is 9.94. The van der Waals surface area contributed by atoms with Crippen LogP contribution >= 0.6 is 11.3 Å². The van der Waals surface area contributed by atoms with Gasteiger partial charge in [-0.25, -0.2) is 13.4 Å². The first-order chi connectivity index (χ1) is 13.9. The fourth-order valence-electron chi connectivity index (χ4n) is 3.87. The van der Waals surface area contributed by atoms with E-state index in [9.17, 15) is 13.2 Å². The lowest BCUT2D eigenvalue weighted by Gasteiger charge is -2.33. The van der Waals surface area contributed by atoms with Gasteiger partial charge in [0.25, 0.3) is 0 Å². The van der Waals surface area contributed by atoms with Crippen LogP contribution in [0.4, 0.5) is 0 Å². The number of benzene rings is 1. The van der Waals surface area contributed by atoms with Crippen LogP contribution in [0.25, 0.3) is 11.3 Å². The molecule has 154 valence electrons. The van der Waals surface area contributed by atoms with Crippen LogP contribution in [0.1, 0.15) is 17.8 Å². The van der Waals surface area contributed by atoms with Gasteiger partial charge in [0, 0.05) is 24.0 Å². The number of aryl methyl sites for hydroxylation is 1. The molecule has 2 saturated heterocycles. The number of rotatable bonds is 5. The van der Waals surface area contributed by atoms with Gasteiger partial charge in [0.2, 0.25) is 15.9 Å². The molecule has 29 heavy (non-hydrogen) atoms. The van der Waals surface area contributed by atoms with E-state index in [4.69, 9.17) is 4.74 Å². The number of fused-ring (bicyclic) bond motifs is 1. The maximum atomic E-state index is 13.1. The van der Waals surface area contributed by atoms with Gasteiger partial charge in [0.05, 0.1) is 21.7 Å². The average Bonchev–Trinajstić information content (AvgIpc) is 3.32. The zero-order valence-electron chi connectivity index (χ0n) is 16.1. The van der Waals surface area contributed by atoms with Gasteiger partial charge in [-0.15, -0.1) is 11.3 Å². The molecule has 0 radical (unpaired) electrons. The molecule has 2 aliphatic rings. The molecule has 3 atom stereocenters. The van der Waals surface area contributed by atoms with Gasteiger partial charge in [-0.2, -0.15) is 4.31 Å². The van der Waals surface area contributed by atoms with Crippen molar-refractivity contribution in [3.63, 3.8) is 0 Å². The van der Waals surface area contributed by atoms with Crippen LogP contribution in [0, 0.1) is 12.8 Å². The predicted molar refractivity (Wildman–Crippen MR) is 111 cm³/mol. The van der Waals surface area contributed by atoms with E-state index in [1.54, 1.807) is 35.6 Å². The number of nitrogens with zero attached hydrogens (tertiary/aromatic N) is 2. The molecular formula is C20H23N3O4S2. The third kappa shape index (κ3) is 4.13. The molecule has 1 aromatic heterocycles. The Morgan fingerprint density at radius 3 is 2.79 bits per heavy atom. The van der Waals surface area contributed by atoms with Crippen LogP contribution < -0.4 is 5.32 Å². The fourth-order valence-corrected chi connectivity index (χ4v) is 5.96. The van der Waals surface area contributed by atoms with E-state index in [0.717, 1.165) is 16.3 Å². The van der Waals surface area contributed by atoms with Crippen molar-refractivity contribution in [1.29, 1.82) is 0 Å². The quantitative estimate of drug-likeness (QED) is 0.732. The molecular weight excluding hydrogens is 410 g/mol. The van der Waals surface area contributed by atoms with Crippen molar-refractivity contribution in [2.75, 3.05) is 13.1 Å². The topological polar surface area (TPSA) is 88.6 Å². The Balaban J connectivity index is 1.45. The summed E-state index contributed by atoms with van der Waals surface area (Å²) in [5.41, 5.74) is 1.75. The molecule has 2 aromatic rings. The highest BCUT2D eigenvalue weighted by atomic mass is 32.2. The average molecular weight is 434 g/mol. The second kappa shape index (κ2) is 7.98. The Kier molecular flexibility index (Phi) is 5.56. The van der Waals surface area contributed by atoms with E-state index in [0.29, 0.717) is 25.9 Å². The third-order valence-electron chi connectivity index (χ3n) is 5.41. The summed E-state index contributed by atoms with van der Waals surface area (Å²) in [5, 5.41) is 5.67. The van der Waals surface area contributed by atoms with Crippen LogP contribution in [0.15, 0.2) is 47.2 Å². The molecule has 1 aromatic carbocycles. The summed E-state index contributed by atoms with van der Waals surface area (Å²) in [7, 11) is -3.61. The first-order valence-corrected chi connectivity index (χ1v) is 11.8. The molecule has 1 N–H and O–H groups in total. The standard InChI is InChI=1S/C20H23N3O4S2/c1-3-19(24)22-20-10-15-8-9-23(11-18(15)27-20)29(25,26)16-6-4-14(5-7-16)17-12-28-13(2)21-17/h3-7,12,15,18,20H,1,8-11H2,2H3,(H,22,24). The molecule has 2 aliphatic heterocycles. The minimum Gasteiger partial charge on any atom is -0.354 e. The van der Waals surface area contributed by atoms with E-state index < -0.39 is 10.0 Å². The number of aromatic nitrogens is 1. The van der Waals surface area contributed by atoms with Gasteiger partial charge in [0.15, 0.2) is 0 Å². The third-order valence-corrected chi connectivity index (χ3v) is 8.06. The zero-order chi connectivity index (χ0) is 20.6. The van der Waals surface area contributed by atoms with E-state index in [1.165, 1.54) is 10.4 Å². The smallest absolute Gasteiger partial charge is 0.245 e. The normalized spacial score (nSPS) is 24.8. The van der Waals surface area contributed by atoms with Crippen molar-refractivity contribution in [2.45, 2.75) is 37.0 Å². The summed E-state index contributed by atoms with van der Waals surface area (Å²) in [6.45, 7) is 6.12. The molecule has 0 bridgehead atoms. The van der Waals surface area contributed by atoms with Crippen LogP contribution in [-0.4, -0.2) is 49.0 Å². The second-order valence-corrected chi connectivity index (χ2v) is 10.3. The van der Waals surface area contributed by atoms with Gasteiger partial charge in [0.1, 0.15) is 6.23 Å². The number of hydrogen-bond donors (Lipinski definition) is 1. The first-order valence-electron chi connectivity index (χ1n) is 9.48. The summed E-state index contributed by atoms with van der Waals surface area (Å²) >= 11 is 1.56. The van der Waals surface area contributed by atoms with Crippen molar-refractivity contribution < 1.29 is 17.9 Å². The number of carbonyl (C=O) groups excluding carboxylic acids is 1. The Labute approximate surface area is 174 Å². The molecule has 1 amide bonds. The van der Waals surface area contributed by atoms with Crippen LogP contribution in [-0.2, 0) is 19.6 Å². The molecule has 3 heterocycles. The Bertz CT molecular complexity index is 1020. The van der Waals surface area contributed by atoms with Gasteiger partial charge in [-0.1, -0.05) is 18.7 Å². The molecule has 3 unspecified atom stereocenters. The highest BCUT2D eigenvalue weighted by Gasteiger charge is 2.42. The minimum absolute atomic E-state index is 0.217. The van der Waals surface area contributed by atoms with Crippen molar-refractivity contribution in [3.8, 4) is 11.3 Å². The number of piperidine rings is 1. The Morgan fingerprint density at radius 1 is 1.38 bits per heavy atom. The second-order valence-electron chi connectivity index (χ2n) is 7.30. The number of thiazole rings is 1. The van der Waals surface area contributed by atoms with Crippen molar-refractivity contribution in [3.05, 3.63) is 47.3 Å². The van der Waals surface area contributed by atoms with Crippen molar-refractivity contribution in [1.82, 2.24) is 14.6 Å². The molecule has 4 rings (SSSR count). The monoisotopic (exact) mass is 433 g/mol. The van der Waals surface area contributed by atoms with Gasteiger partial charge in [-0.3, -0.25) is 4.79 Å². The summed E-state index contributed by atoms with van der Waals surface area (Å²) < 4.78 is 33.6. The highest BCUT2D eigenvalue weighted by Crippen LogP contribution is 2.34. The number of sulfonamides is 1. The summed E-state index contributed by atoms with van der Waals surface area (Å²) in [5.74, 6) is -0.0413. The first kappa shape index (κ1) is 20.2. The number of nitrogens with one attached hydrogen (secondary N) is 1. The Morgan fingerprint density at radius 2 is 2.14 bits per heavy atom. The van der Waals surface area contributed by atoms with E-state index in [-0.39, 0.29) is 29.1 Å².